The van der Waals surface area contributed by atoms with Crippen LogP contribution in [0.1, 0.15) is 5.56 Å². The number of halogens is 1. The van der Waals surface area contributed by atoms with Crippen LogP contribution < -0.4 is 9.46 Å². The first-order valence-corrected chi connectivity index (χ1v) is 6.54. The molecule has 0 amide bonds. The van der Waals surface area contributed by atoms with Gasteiger partial charge in [0.2, 0.25) is 0 Å². The Morgan fingerprint density at radius 2 is 2.18 bits per heavy atom. The van der Waals surface area contributed by atoms with Crippen molar-refractivity contribution in [1.82, 2.24) is 9.03 Å². The van der Waals surface area contributed by atoms with E-state index in [1.807, 2.05) is 0 Å². The summed E-state index contributed by atoms with van der Waals surface area (Å²) in [7, 11) is -1.96. The first kappa shape index (κ1) is 12.3. The van der Waals surface area contributed by atoms with Gasteiger partial charge < -0.3 is 4.74 Å². The molecule has 2 rings (SSSR count). The summed E-state index contributed by atoms with van der Waals surface area (Å²) in [6, 6.07) is 3.99. The van der Waals surface area contributed by atoms with E-state index in [1.54, 1.807) is 0 Å². The number of rotatable bonds is 5. The van der Waals surface area contributed by atoms with E-state index in [2.05, 4.69) is 4.72 Å². The normalized spacial score (nSPS) is 15.9. The molecule has 17 heavy (non-hydrogen) atoms. The monoisotopic (exact) mass is 260 g/mol. The molecule has 94 valence electrons. The van der Waals surface area contributed by atoms with Gasteiger partial charge >= 0.3 is 0 Å². The van der Waals surface area contributed by atoms with Crippen LogP contribution in [-0.2, 0) is 16.8 Å². The van der Waals surface area contributed by atoms with E-state index in [-0.39, 0.29) is 6.54 Å². The topological polar surface area (TPSA) is 58.4 Å². The summed E-state index contributed by atoms with van der Waals surface area (Å²) in [6.07, 6.45) is 0. The second kappa shape index (κ2) is 4.59. The quantitative estimate of drug-likeness (QED) is 0.784. The molecule has 1 fully saturated rings. The minimum absolute atomic E-state index is 0.0137. The van der Waals surface area contributed by atoms with Gasteiger partial charge in [-0.15, -0.1) is 0 Å². The molecule has 0 spiro atoms. The first-order chi connectivity index (χ1) is 8.03. The molecule has 0 atom stereocenters. The SMILES string of the molecule is COc1ccc(F)cc1CNS(=O)(=O)N1CC1. The second-order valence-electron chi connectivity index (χ2n) is 3.68. The van der Waals surface area contributed by atoms with Crippen LogP contribution in [-0.4, -0.2) is 32.9 Å². The molecule has 1 aliphatic heterocycles. The molecular formula is C10H13FN2O3S. The fourth-order valence-corrected chi connectivity index (χ4v) is 2.51. The third-order valence-corrected chi connectivity index (χ3v) is 3.99. The molecule has 0 saturated carbocycles. The molecule has 5 nitrogen and oxygen atoms in total. The van der Waals surface area contributed by atoms with Crippen molar-refractivity contribution >= 4 is 10.2 Å². The Balaban J connectivity index is 2.10. The zero-order valence-corrected chi connectivity index (χ0v) is 10.1. The van der Waals surface area contributed by atoms with Gasteiger partial charge in [-0.05, 0) is 18.2 Å². The fraction of sp³-hybridized carbons (Fsp3) is 0.400. The van der Waals surface area contributed by atoms with Crippen molar-refractivity contribution in [2.24, 2.45) is 0 Å². The lowest BCUT2D eigenvalue weighted by Crippen LogP contribution is -2.29. The summed E-state index contributed by atoms with van der Waals surface area (Å²) in [5, 5.41) is 0. The van der Waals surface area contributed by atoms with Crippen LogP contribution >= 0.6 is 0 Å². The van der Waals surface area contributed by atoms with Crippen molar-refractivity contribution in [2.45, 2.75) is 6.54 Å². The highest BCUT2D eigenvalue weighted by atomic mass is 32.2. The molecule has 0 unspecified atom stereocenters. The van der Waals surface area contributed by atoms with Gasteiger partial charge in [-0.25, -0.2) is 4.39 Å². The Morgan fingerprint density at radius 1 is 1.47 bits per heavy atom. The fourth-order valence-electron chi connectivity index (χ4n) is 1.43. The van der Waals surface area contributed by atoms with Gasteiger partial charge in [-0.1, -0.05) is 0 Å². The molecule has 1 saturated heterocycles. The lowest BCUT2D eigenvalue weighted by Gasteiger charge is -2.10. The van der Waals surface area contributed by atoms with E-state index in [0.717, 1.165) is 0 Å². The number of benzene rings is 1. The molecule has 0 radical (unpaired) electrons. The second-order valence-corrected chi connectivity index (χ2v) is 5.44. The van der Waals surface area contributed by atoms with Crippen LogP contribution in [0.15, 0.2) is 18.2 Å². The van der Waals surface area contributed by atoms with Crippen LogP contribution in [0.3, 0.4) is 0 Å². The Bertz CT molecular complexity index is 514. The van der Waals surface area contributed by atoms with Crippen LogP contribution in [0.4, 0.5) is 4.39 Å². The van der Waals surface area contributed by atoms with E-state index >= 15 is 0 Å². The average Bonchev–Trinajstić information content (AvgIpc) is 3.11. The highest BCUT2D eigenvalue weighted by Gasteiger charge is 2.31. The minimum Gasteiger partial charge on any atom is -0.496 e. The molecule has 0 bridgehead atoms. The van der Waals surface area contributed by atoms with Crippen LogP contribution in [0.5, 0.6) is 5.75 Å². The highest BCUT2D eigenvalue weighted by Crippen LogP contribution is 2.20. The maximum atomic E-state index is 13.0. The molecule has 7 heteroatoms. The molecule has 0 aliphatic carbocycles. The van der Waals surface area contributed by atoms with Crippen LogP contribution in [0.2, 0.25) is 0 Å². The Morgan fingerprint density at radius 3 is 2.76 bits per heavy atom. The van der Waals surface area contributed by atoms with Gasteiger partial charge in [0.15, 0.2) is 0 Å². The molecule has 1 aliphatic rings. The average molecular weight is 260 g/mol. The van der Waals surface area contributed by atoms with Crippen molar-refractivity contribution in [3.05, 3.63) is 29.6 Å². The maximum absolute atomic E-state index is 13.0. The van der Waals surface area contributed by atoms with Crippen molar-refractivity contribution in [3.8, 4) is 5.75 Å². The predicted molar refractivity (Wildman–Crippen MR) is 60.3 cm³/mol. The first-order valence-electron chi connectivity index (χ1n) is 5.10. The minimum atomic E-state index is -3.42. The Hall–Kier alpha value is -1.18. The highest BCUT2D eigenvalue weighted by molar-refractivity contribution is 7.87. The van der Waals surface area contributed by atoms with Gasteiger partial charge in [0.25, 0.3) is 10.2 Å². The van der Waals surface area contributed by atoms with Crippen LogP contribution in [0.25, 0.3) is 0 Å². The summed E-state index contributed by atoms with van der Waals surface area (Å²) in [4.78, 5) is 0. The Labute approximate surface area is 99.4 Å². The van der Waals surface area contributed by atoms with Crippen molar-refractivity contribution in [2.75, 3.05) is 20.2 Å². The van der Waals surface area contributed by atoms with Crippen LogP contribution in [0, 0.1) is 5.82 Å². The molecule has 1 aromatic rings. The number of ether oxygens (including phenoxy) is 1. The van der Waals surface area contributed by atoms with E-state index in [0.29, 0.717) is 24.4 Å². The van der Waals surface area contributed by atoms with Gasteiger partial charge in [0, 0.05) is 25.2 Å². The van der Waals surface area contributed by atoms with Gasteiger partial charge in [-0.2, -0.15) is 17.4 Å². The number of hydrogen-bond donors (Lipinski definition) is 1. The lowest BCUT2D eigenvalue weighted by molar-refractivity contribution is 0.407. The number of nitrogens with one attached hydrogen (secondary N) is 1. The van der Waals surface area contributed by atoms with Crippen molar-refractivity contribution in [3.63, 3.8) is 0 Å². The summed E-state index contributed by atoms with van der Waals surface area (Å²) < 4.78 is 44.8. The summed E-state index contributed by atoms with van der Waals surface area (Å²) in [6.45, 7) is 1.09. The lowest BCUT2D eigenvalue weighted by atomic mass is 10.2. The largest absolute Gasteiger partial charge is 0.496 e. The van der Waals surface area contributed by atoms with Gasteiger partial charge in [0.1, 0.15) is 11.6 Å². The van der Waals surface area contributed by atoms with Gasteiger partial charge in [0.05, 0.1) is 7.11 Å². The van der Waals surface area contributed by atoms with Crippen molar-refractivity contribution in [1.29, 1.82) is 0 Å². The summed E-state index contributed by atoms with van der Waals surface area (Å²) >= 11 is 0. The third kappa shape index (κ3) is 2.93. The molecular weight excluding hydrogens is 247 g/mol. The van der Waals surface area contributed by atoms with E-state index in [9.17, 15) is 12.8 Å². The molecule has 0 aromatic heterocycles. The van der Waals surface area contributed by atoms with Gasteiger partial charge in [-0.3, -0.25) is 0 Å². The summed E-state index contributed by atoms with van der Waals surface area (Å²) in [5.74, 6) is 0.0339. The standard InChI is InChI=1S/C10H13FN2O3S/c1-16-10-3-2-9(11)6-8(10)7-12-17(14,15)13-4-5-13/h2-3,6,12H,4-5,7H2,1H3. The summed E-state index contributed by atoms with van der Waals surface area (Å²) in [5.41, 5.74) is 0.470. The zero-order valence-electron chi connectivity index (χ0n) is 9.31. The number of methoxy groups -OCH3 is 1. The smallest absolute Gasteiger partial charge is 0.279 e. The molecule has 1 heterocycles. The predicted octanol–water partition coefficient (Wildman–Crippen LogP) is 0.484. The number of hydrogen-bond acceptors (Lipinski definition) is 3. The van der Waals surface area contributed by atoms with E-state index in [4.69, 9.17) is 4.74 Å². The molecule has 1 aromatic carbocycles. The third-order valence-electron chi connectivity index (χ3n) is 2.43. The zero-order chi connectivity index (χ0) is 12.5. The van der Waals surface area contributed by atoms with E-state index in [1.165, 1.54) is 29.6 Å². The number of nitrogens with zero attached hydrogens (tertiary/aromatic N) is 1. The van der Waals surface area contributed by atoms with E-state index < -0.39 is 16.0 Å². The maximum Gasteiger partial charge on any atom is 0.279 e. The van der Waals surface area contributed by atoms with Crippen molar-refractivity contribution < 1.29 is 17.5 Å². The Kier molecular flexibility index (Phi) is 3.32. The molecule has 1 N–H and O–H groups in total.